The van der Waals surface area contributed by atoms with E-state index in [2.05, 4.69) is 20.3 Å². The zero-order valence-corrected chi connectivity index (χ0v) is 10.9. The van der Waals surface area contributed by atoms with E-state index in [1.807, 2.05) is 18.7 Å². The summed E-state index contributed by atoms with van der Waals surface area (Å²) in [5, 5.41) is 12.4. The molecule has 1 aliphatic heterocycles. The molecule has 1 unspecified atom stereocenters. The second-order valence-electron chi connectivity index (χ2n) is 4.55. The van der Waals surface area contributed by atoms with Crippen LogP contribution < -0.4 is 15.0 Å². The fraction of sp³-hybridized carbons (Fsp3) is 0.727. The van der Waals surface area contributed by atoms with E-state index in [-0.39, 0.29) is 12.2 Å². The fourth-order valence-electron chi connectivity index (χ4n) is 1.79. The quantitative estimate of drug-likeness (QED) is 0.797. The van der Waals surface area contributed by atoms with Crippen LogP contribution in [0.4, 0.5) is 11.9 Å². The van der Waals surface area contributed by atoms with Crippen molar-refractivity contribution in [2.24, 2.45) is 0 Å². The van der Waals surface area contributed by atoms with Gasteiger partial charge in [0.1, 0.15) is 0 Å². The maximum absolute atomic E-state index is 9.54. The van der Waals surface area contributed by atoms with Gasteiger partial charge in [-0.2, -0.15) is 15.0 Å². The number of β-amino-alcohol motifs (C(OH)–C–C–N with tert-alkyl or cyclic N) is 1. The minimum atomic E-state index is -0.311. The third kappa shape index (κ3) is 2.98. The van der Waals surface area contributed by atoms with Gasteiger partial charge < -0.3 is 20.1 Å². The van der Waals surface area contributed by atoms with Crippen molar-refractivity contribution in [2.75, 3.05) is 30.4 Å². The summed E-state index contributed by atoms with van der Waals surface area (Å²) in [5.74, 6) is 1.01. The molecule has 7 nitrogen and oxygen atoms in total. The Balaban J connectivity index is 2.23. The molecule has 0 saturated carbocycles. The number of aliphatic hydroxyl groups excluding tert-OH is 1. The first kappa shape index (κ1) is 12.8. The molecule has 0 bridgehead atoms. The van der Waals surface area contributed by atoms with Gasteiger partial charge in [-0.05, 0) is 20.3 Å². The molecule has 18 heavy (non-hydrogen) atoms. The van der Waals surface area contributed by atoms with E-state index in [1.54, 1.807) is 7.05 Å². The minimum Gasteiger partial charge on any atom is -0.461 e. The highest BCUT2D eigenvalue weighted by Gasteiger charge is 2.23. The molecule has 1 atom stereocenters. The Kier molecular flexibility index (Phi) is 3.81. The Labute approximate surface area is 106 Å². The van der Waals surface area contributed by atoms with Gasteiger partial charge in [0.05, 0.1) is 12.2 Å². The van der Waals surface area contributed by atoms with Gasteiger partial charge in [-0.1, -0.05) is 0 Å². The van der Waals surface area contributed by atoms with Gasteiger partial charge in [-0.25, -0.2) is 0 Å². The molecule has 2 N–H and O–H groups in total. The first-order valence-corrected chi connectivity index (χ1v) is 6.12. The molecule has 0 radical (unpaired) electrons. The average Bonchev–Trinajstić information content (AvgIpc) is 2.74. The summed E-state index contributed by atoms with van der Waals surface area (Å²) in [6.45, 7) is 5.13. The summed E-state index contributed by atoms with van der Waals surface area (Å²) < 4.78 is 5.49. The second-order valence-corrected chi connectivity index (χ2v) is 4.55. The first-order chi connectivity index (χ1) is 8.58. The summed E-state index contributed by atoms with van der Waals surface area (Å²) in [5.41, 5.74) is 0. The molecule has 0 amide bonds. The zero-order valence-electron chi connectivity index (χ0n) is 10.9. The van der Waals surface area contributed by atoms with Crippen molar-refractivity contribution in [3.8, 4) is 6.01 Å². The Morgan fingerprint density at radius 2 is 2.17 bits per heavy atom. The molecule has 100 valence electrons. The smallest absolute Gasteiger partial charge is 0.323 e. The largest absolute Gasteiger partial charge is 0.461 e. The lowest BCUT2D eigenvalue weighted by Gasteiger charge is -2.17. The maximum atomic E-state index is 9.54. The van der Waals surface area contributed by atoms with Crippen LogP contribution >= 0.6 is 0 Å². The van der Waals surface area contributed by atoms with E-state index < -0.39 is 0 Å². The molecule has 1 saturated heterocycles. The Morgan fingerprint density at radius 3 is 2.72 bits per heavy atom. The van der Waals surface area contributed by atoms with Crippen molar-refractivity contribution < 1.29 is 9.84 Å². The van der Waals surface area contributed by atoms with Crippen LogP contribution in [0.3, 0.4) is 0 Å². The highest BCUT2D eigenvalue weighted by molar-refractivity contribution is 5.39. The number of nitrogens with one attached hydrogen (secondary N) is 1. The van der Waals surface area contributed by atoms with Gasteiger partial charge in [0.15, 0.2) is 0 Å². The van der Waals surface area contributed by atoms with E-state index in [0.29, 0.717) is 24.5 Å². The summed E-state index contributed by atoms with van der Waals surface area (Å²) in [4.78, 5) is 14.6. The van der Waals surface area contributed by atoms with E-state index in [4.69, 9.17) is 4.74 Å². The molecule has 2 rings (SSSR count). The standard InChI is InChI=1S/C11H19N5O2/c1-7(2)18-11-14-9(12-3)13-10(15-11)16-5-4-8(17)6-16/h7-8,17H,4-6H2,1-3H3,(H,12,13,14,15). The van der Waals surface area contributed by atoms with Crippen LogP contribution in [0.2, 0.25) is 0 Å². The normalized spacial score (nSPS) is 19.4. The molecular weight excluding hydrogens is 234 g/mol. The van der Waals surface area contributed by atoms with Gasteiger partial charge in [0.25, 0.3) is 0 Å². The van der Waals surface area contributed by atoms with Crippen LogP contribution in [0, 0.1) is 0 Å². The van der Waals surface area contributed by atoms with Crippen LogP contribution in [0.15, 0.2) is 0 Å². The lowest BCUT2D eigenvalue weighted by Crippen LogP contribution is -2.24. The highest BCUT2D eigenvalue weighted by atomic mass is 16.5. The minimum absolute atomic E-state index is 0.00845. The van der Waals surface area contributed by atoms with Crippen molar-refractivity contribution in [3.05, 3.63) is 0 Å². The van der Waals surface area contributed by atoms with Gasteiger partial charge in [0.2, 0.25) is 11.9 Å². The maximum Gasteiger partial charge on any atom is 0.323 e. The lowest BCUT2D eigenvalue weighted by molar-refractivity contribution is 0.198. The summed E-state index contributed by atoms with van der Waals surface area (Å²) >= 11 is 0. The highest BCUT2D eigenvalue weighted by Crippen LogP contribution is 2.20. The molecule has 2 heterocycles. The average molecular weight is 253 g/mol. The molecule has 7 heteroatoms. The lowest BCUT2D eigenvalue weighted by atomic mass is 10.3. The van der Waals surface area contributed by atoms with Crippen LogP contribution in [0.1, 0.15) is 20.3 Å². The fourth-order valence-corrected chi connectivity index (χ4v) is 1.79. The van der Waals surface area contributed by atoms with Crippen LogP contribution in [0.25, 0.3) is 0 Å². The molecule has 0 aliphatic carbocycles. The second kappa shape index (κ2) is 5.34. The number of anilines is 2. The topological polar surface area (TPSA) is 83.4 Å². The number of hydrogen-bond donors (Lipinski definition) is 2. The SMILES string of the molecule is CNc1nc(OC(C)C)nc(N2CCC(O)C2)n1. The molecule has 0 aromatic carbocycles. The first-order valence-electron chi connectivity index (χ1n) is 6.12. The Hall–Kier alpha value is -1.63. The third-order valence-corrected chi connectivity index (χ3v) is 2.61. The van der Waals surface area contributed by atoms with Gasteiger partial charge >= 0.3 is 6.01 Å². The van der Waals surface area contributed by atoms with Crippen LogP contribution in [-0.4, -0.2) is 52.4 Å². The third-order valence-electron chi connectivity index (χ3n) is 2.61. The van der Waals surface area contributed by atoms with Crippen LogP contribution in [0.5, 0.6) is 6.01 Å². The van der Waals surface area contributed by atoms with E-state index >= 15 is 0 Å². The van der Waals surface area contributed by atoms with E-state index in [1.165, 1.54) is 0 Å². The predicted molar refractivity (Wildman–Crippen MR) is 68.0 cm³/mol. The van der Waals surface area contributed by atoms with Crippen molar-refractivity contribution in [2.45, 2.75) is 32.5 Å². The van der Waals surface area contributed by atoms with Gasteiger partial charge in [0, 0.05) is 20.1 Å². The monoisotopic (exact) mass is 253 g/mol. The zero-order chi connectivity index (χ0) is 13.1. The molecular formula is C11H19N5O2. The summed E-state index contributed by atoms with van der Waals surface area (Å²) in [6.07, 6.45) is 0.435. The predicted octanol–water partition coefficient (Wildman–Crippen LogP) is 0.271. The van der Waals surface area contributed by atoms with Gasteiger partial charge in [-0.3, -0.25) is 0 Å². The molecule has 1 fully saturated rings. The van der Waals surface area contributed by atoms with Crippen molar-refractivity contribution >= 4 is 11.9 Å². The molecule has 1 aliphatic rings. The van der Waals surface area contributed by atoms with E-state index in [0.717, 1.165) is 13.0 Å². The summed E-state index contributed by atoms with van der Waals surface area (Å²) in [7, 11) is 1.75. The number of aliphatic hydroxyl groups is 1. The van der Waals surface area contributed by atoms with Gasteiger partial charge in [-0.15, -0.1) is 0 Å². The van der Waals surface area contributed by atoms with Crippen molar-refractivity contribution in [3.63, 3.8) is 0 Å². The number of aromatic nitrogens is 3. The molecule has 0 spiro atoms. The van der Waals surface area contributed by atoms with Crippen molar-refractivity contribution in [1.29, 1.82) is 0 Å². The number of rotatable bonds is 4. The summed E-state index contributed by atoms with van der Waals surface area (Å²) in [6, 6.07) is 0.306. The van der Waals surface area contributed by atoms with Crippen LogP contribution in [-0.2, 0) is 0 Å². The molecule has 1 aromatic rings. The number of nitrogens with zero attached hydrogens (tertiary/aromatic N) is 4. The Morgan fingerprint density at radius 1 is 1.39 bits per heavy atom. The Bertz CT molecular complexity index is 412. The van der Waals surface area contributed by atoms with Crippen molar-refractivity contribution in [1.82, 2.24) is 15.0 Å². The molecule has 1 aromatic heterocycles. The number of ether oxygens (including phenoxy) is 1. The van der Waals surface area contributed by atoms with E-state index in [9.17, 15) is 5.11 Å². The number of hydrogen-bond acceptors (Lipinski definition) is 7.